The van der Waals surface area contributed by atoms with Gasteiger partial charge in [0, 0.05) is 41.4 Å². The number of carbonyl (C=O) groups excluding carboxylic acids is 3. The molecule has 0 spiro atoms. The maximum absolute atomic E-state index is 16.6. The van der Waals surface area contributed by atoms with Crippen molar-refractivity contribution in [3.63, 3.8) is 0 Å². The second-order valence-corrected chi connectivity index (χ2v) is 14.1. The molecule has 2 aromatic heterocycles. The standard InChI is InChI=1S/C34H41F2N5O8/c1-17-14-45-15-20(17)16-46-30(42)39-25-10-19-9-21(26(36)27(23(19)12-37-25)40-31(43)48-33(3,4)5)22-11-38-29-28(18(22)2)41(13-24(35)47-29)32(44)49-34(6,7)8/h9-12,17,20,24H,13-16H2,1-8H3,(H,40,43)(H,37,39,42)/t17-,20+,24?/m0/s1. The van der Waals surface area contributed by atoms with Crippen molar-refractivity contribution in [2.24, 2.45) is 11.8 Å². The number of pyridine rings is 2. The van der Waals surface area contributed by atoms with Gasteiger partial charge in [-0.15, -0.1) is 0 Å². The number of anilines is 3. The number of benzene rings is 1. The third kappa shape index (κ3) is 8.27. The molecular weight excluding hydrogens is 644 g/mol. The van der Waals surface area contributed by atoms with E-state index in [4.69, 9.17) is 23.7 Å². The van der Waals surface area contributed by atoms with Crippen LogP contribution in [0.4, 0.5) is 40.4 Å². The molecule has 2 N–H and O–H groups in total. The van der Waals surface area contributed by atoms with Crippen LogP contribution in [0.3, 0.4) is 0 Å². The van der Waals surface area contributed by atoms with Gasteiger partial charge in [0.1, 0.15) is 22.7 Å². The molecule has 1 saturated heterocycles. The molecule has 0 saturated carbocycles. The minimum atomic E-state index is -1.88. The first kappa shape index (κ1) is 35.5. The highest BCUT2D eigenvalue weighted by atomic mass is 19.1. The van der Waals surface area contributed by atoms with Crippen LogP contribution in [-0.2, 0) is 18.9 Å². The lowest BCUT2D eigenvalue weighted by Gasteiger charge is -2.34. The van der Waals surface area contributed by atoms with Crippen molar-refractivity contribution in [3.05, 3.63) is 35.9 Å². The zero-order valence-corrected chi connectivity index (χ0v) is 28.7. The van der Waals surface area contributed by atoms with Gasteiger partial charge in [0.25, 0.3) is 6.36 Å². The molecule has 3 aromatic rings. The van der Waals surface area contributed by atoms with Crippen LogP contribution in [0.5, 0.6) is 5.88 Å². The molecule has 1 aromatic carbocycles. The second kappa shape index (κ2) is 13.6. The number of alkyl halides is 1. The number of hydrogen-bond donors (Lipinski definition) is 2. The first-order chi connectivity index (χ1) is 22.9. The Morgan fingerprint density at radius 2 is 1.69 bits per heavy atom. The number of rotatable bonds is 5. The van der Waals surface area contributed by atoms with Crippen molar-refractivity contribution >= 4 is 46.2 Å². The van der Waals surface area contributed by atoms with E-state index in [-0.39, 0.29) is 58.0 Å². The average Bonchev–Trinajstić information content (AvgIpc) is 3.40. The van der Waals surface area contributed by atoms with Gasteiger partial charge in [-0.1, -0.05) is 6.92 Å². The molecule has 1 unspecified atom stereocenters. The van der Waals surface area contributed by atoms with E-state index in [0.29, 0.717) is 24.2 Å². The molecule has 2 aliphatic rings. The van der Waals surface area contributed by atoms with Crippen molar-refractivity contribution in [1.82, 2.24) is 9.97 Å². The Morgan fingerprint density at radius 1 is 0.980 bits per heavy atom. The van der Waals surface area contributed by atoms with Crippen LogP contribution in [0.15, 0.2) is 24.5 Å². The topological polar surface area (TPSA) is 150 Å². The Bertz CT molecular complexity index is 1770. The number of halogens is 2. The predicted octanol–water partition coefficient (Wildman–Crippen LogP) is 7.35. The van der Waals surface area contributed by atoms with E-state index in [0.717, 1.165) is 4.90 Å². The lowest BCUT2D eigenvalue weighted by molar-refractivity contribution is 0.0375. The van der Waals surface area contributed by atoms with Gasteiger partial charge in [0.15, 0.2) is 5.82 Å². The summed E-state index contributed by atoms with van der Waals surface area (Å²) in [5.41, 5.74) is -1.42. The molecule has 49 heavy (non-hydrogen) atoms. The lowest BCUT2D eigenvalue weighted by atomic mass is 9.96. The number of aromatic nitrogens is 2. The van der Waals surface area contributed by atoms with Gasteiger partial charge in [-0.05, 0) is 77.5 Å². The quantitative estimate of drug-likeness (QED) is 0.261. The molecule has 15 heteroatoms. The van der Waals surface area contributed by atoms with Gasteiger partial charge in [-0.25, -0.2) is 28.7 Å². The van der Waals surface area contributed by atoms with Crippen molar-refractivity contribution in [2.75, 3.05) is 41.9 Å². The van der Waals surface area contributed by atoms with Gasteiger partial charge in [0.2, 0.25) is 5.88 Å². The molecule has 1 fully saturated rings. The first-order valence-corrected chi connectivity index (χ1v) is 15.8. The Hall–Kier alpha value is -4.79. The number of nitrogens with one attached hydrogen (secondary N) is 2. The van der Waals surface area contributed by atoms with Gasteiger partial charge < -0.3 is 23.7 Å². The molecule has 2 aliphatic heterocycles. The number of amides is 3. The monoisotopic (exact) mass is 685 g/mol. The fourth-order valence-electron chi connectivity index (χ4n) is 5.43. The normalized spacial score (nSPS) is 19.1. The highest BCUT2D eigenvalue weighted by Gasteiger charge is 2.36. The maximum atomic E-state index is 16.6. The smallest absolute Gasteiger partial charge is 0.415 e. The highest BCUT2D eigenvalue weighted by molar-refractivity contribution is 6.05. The zero-order chi connectivity index (χ0) is 35.8. The molecule has 5 rings (SSSR count). The van der Waals surface area contributed by atoms with E-state index in [1.165, 1.54) is 24.5 Å². The number of nitrogens with zero attached hydrogens (tertiary/aromatic N) is 3. The molecule has 3 atom stereocenters. The Kier molecular flexibility index (Phi) is 9.86. The van der Waals surface area contributed by atoms with Crippen LogP contribution >= 0.6 is 0 Å². The van der Waals surface area contributed by atoms with Crippen LogP contribution in [-0.4, -0.2) is 72.2 Å². The van der Waals surface area contributed by atoms with E-state index in [9.17, 15) is 18.8 Å². The van der Waals surface area contributed by atoms with Crippen LogP contribution in [0, 0.1) is 24.6 Å². The van der Waals surface area contributed by atoms with Crippen molar-refractivity contribution in [2.45, 2.75) is 72.9 Å². The molecular formula is C34H41F2N5O8. The summed E-state index contributed by atoms with van der Waals surface area (Å²) in [5.74, 6) is -0.608. The second-order valence-electron chi connectivity index (χ2n) is 14.1. The lowest BCUT2D eigenvalue weighted by Crippen LogP contribution is -2.45. The van der Waals surface area contributed by atoms with Crippen LogP contribution in [0.2, 0.25) is 0 Å². The summed E-state index contributed by atoms with van der Waals surface area (Å²) in [4.78, 5) is 48.2. The number of ether oxygens (including phenoxy) is 5. The summed E-state index contributed by atoms with van der Waals surface area (Å²) in [6.07, 6.45) is -1.78. The summed E-state index contributed by atoms with van der Waals surface area (Å²) in [5, 5.41) is 5.65. The molecule has 4 heterocycles. The predicted molar refractivity (Wildman–Crippen MR) is 177 cm³/mol. The van der Waals surface area contributed by atoms with Crippen molar-refractivity contribution < 1.29 is 46.8 Å². The van der Waals surface area contributed by atoms with E-state index in [2.05, 4.69) is 20.6 Å². The third-order valence-electron chi connectivity index (χ3n) is 7.78. The van der Waals surface area contributed by atoms with Crippen LogP contribution in [0.25, 0.3) is 21.9 Å². The van der Waals surface area contributed by atoms with Crippen molar-refractivity contribution in [3.8, 4) is 17.0 Å². The van der Waals surface area contributed by atoms with Gasteiger partial charge in [-0.2, -0.15) is 4.39 Å². The van der Waals surface area contributed by atoms with E-state index in [1.54, 1.807) is 48.5 Å². The highest BCUT2D eigenvalue weighted by Crippen LogP contribution is 2.43. The summed E-state index contributed by atoms with van der Waals surface area (Å²) < 4.78 is 58.2. The summed E-state index contributed by atoms with van der Waals surface area (Å²) in [6.45, 7) is 14.4. The molecule has 13 nitrogen and oxygen atoms in total. The SMILES string of the molecule is Cc1c(-c2cc3cc(NC(=O)OC[C@H]4COC[C@@H]4C)ncc3c(NC(=O)OC(C)(C)C)c2F)cnc2c1N(C(=O)OC(C)(C)C)CC(F)O2. The van der Waals surface area contributed by atoms with Gasteiger partial charge in [-0.3, -0.25) is 15.5 Å². The van der Waals surface area contributed by atoms with E-state index < -0.39 is 48.2 Å². The van der Waals surface area contributed by atoms with Gasteiger partial charge in [0.05, 0.1) is 25.4 Å². The van der Waals surface area contributed by atoms with Crippen molar-refractivity contribution in [1.29, 1.82) is 0 Å². The van der Waals surface area contributed by atoms with Crippen LogP contribution < -0.4 is 20.3 Å². The number of hydrogen-bond acceptors (Lipinski definition) is 10. The average molecular weight is 686 g/mol. The van der Waals surface area contributed by atoms with E-state index in [1.807, 2.05) is 6.92 Å². The molecule has 0 aliphatic carbocycles. The Labute approximate surface area is 282 Å². The first-order valence-electron chi connectivity index (χ1n) is 15.8. The molecule has 0 bridgehead atoms. The number of carbonyl (C=O) groups is 3. The number of fused-ring (bicyclic) bond motifs is 2. The largest absolute Gasteiger partial charge is 0.449 e. The molecule has 264 valence electrons. The third-order valence-corrected chi connectivity index (χ3v) is 7.78. The minimum Gasteiger partial charge on any atom is -0.449 e. The van der Waals surface area contributed by atoms with Crippen LogP contribution in [0.1, 0.15) is 54.0 Å². The fourth-order valence-corrected chi connectivity index (χ4v) is 5.43. The molecule has 3 amide bonds. The summed E-state index contributed by atoms with van der Waals surface area (Å²) in [6, 6.07) is 2.97. The fraction of sp³-hybridized carbons (Fsp3) is 0.500. The van der Waals surface area contributed by atoms with Gasteiger partial charge >= 0.3 is 18.3 Å². The summed E-state index contributed by atoms with van der Waals surface area (Å²) in [7, 11) is 0. The summed E-state index contributed by atoms with van der Waals surface area (Å²) >= 11 is 0. The minimum absolute atomic E-state index is 0.0344. The maximum Gasteiger partial charge on any atom is 0.415 e. The zero-order valence-electron chi connectivity index (χ0n) is 28.7. The molecule has 0 radical (unpaired) electrons. The Morgan fingerprint density at radius 3 is 2.35 bits per heavy atom. The Balaban J connectivity index is 1.57. The van der Waals surface area contributed by atoms with E-state index >= 15 is 4.39 Å².